The van der Waals surface area contributed by atoms with Gasteiger partial charge in [0.05, 0.1) is 23.7 Å². The quantitative estimate of drug-likeness (QED) is 0.607. The van der Waals surface area contributed by atoms with Crippen molar-refractivity contribution in [1.82, 2.24) is 14.3 Å². The summed E-state index contributed by atoms with van der Waals surface area (Å²) in [5.74, 6) is -0.238. The molecule has 8 heteroatoms. The molecular formula is C19H24F2N3O2Y-. The van der Waals surface area contributed by atoms with Gasteiger partial charge in [0.1, 0.15) is 11.4 Å². The zero-order valence-corrected chi connectivity index (χ0v) is 19.0. The Balaban J connectivity index is 0.00000164. The Labute approximate surface area is 182 Å². The van der Waals surface area contributed by atoms with E-state index in [2.05, 4.69) is 5.10 Å². The van der Waals surface area contributed by atoms with E-state index in [0.717, 1.165) is 10.1 Å². The number of aryl methyl sites for hydroxylation is 2. The predicted molar refractivity (Wildman–Crippen MR) is 101 cm³/mol. The fraction of sp³-hybridized carbons (Fsp3) is 0.316. The minimum atomic E-state index is -2.69. The van der Waals surface area contributed by atoms with E-state index in [9.17, 15) is 18.7 Å². The molecule has 1 aromatic carbocycles. The molecule has 2 heterocycles. The maximum absolute atomic E-state index is 12.9. The van der Waals surface area contributed by atoms with E-state index in [1.807, 2.05) is 13.8 Å². The molecule has 0 aliphatic heterocycles. The number of hydrogen-bond donors (Lipinski definition) is 1. The van der Waals surface area contributed by atoms with Gasteiger partial charge in [-0.05, 0) is 18.1 Å². The third kappa shape index (κ3) is 4.82. The van der Waals surface area contributed by atoms with Crippen LogP contribution in [-0.2, 0) is 46.3 Å². The van der Waals surface area contributed by atoms with Gasteiger partial charge in [-0.2, -0.15) is 5.10 Å². The number of nitrogens with zero attached hydrogens (tertiary/aromatic N) is 3. The Bertz CT molecular complexity index is 952. The normalized spacial score (nSPS) is 10.0. The molecule has 0 amide bonds. The minimum absolute atomic E-state index is 0. The fourth-order valence-corrected chi connectivity index (χ4v) is 2.79. The molecular weight excluding hydrogens is 429 g/mol. The third-order valence-electron chi connectivity index (χ3n) is 3.85. The number of benzene rings is 1. The molecule has 1 N–H and O–H groups in total. The summed E-state index contributed by atoms with van der Waals surface area (Å²) in [5.41, 5.74) is 0.818. The molecule has 145 valence electrons. The first kappa shape index (κ1) is 25.4. The van der Waals surface area contributed by atoms with Crippen molar-refractivity contribution < 1.29 is 46.6 Å². The smallest absolute Gasteiger partial charge is 0.264 e. The van der Waals surface area contributed by atoms with Crippen molar-refractivity contribution in [2.75, 3.05) is 0 Å². The van der Waals surface area contributed by atoms with E-state index in [4.69, 9.17) is 0 Å². The molecule has 0 atom stereocenters. The Kier molecular flexibility index (Phi) is 10.0. The number of alkyl halides is 2. The van der Waals surface area contributed by atoms with Crippen LogP contribution in [0.2, 0.25) is 0 Å². The van der Waals surface area contributed by atoms with Crippen LogP contribution >= 0.6 is 0 Å². The zero-order valence-electron chi connectivity index (χ0n) is 16.2. The topological polar surface area (TPSA) is 60.1 Å². The predicted octanol–water partition coefficient (Wildman–Crippen LogP) is 4.16. The van der Waals surface area contributed by atoms with Crippen molar-refractivity contribution in [3.63, 3.8) is 0 Å². The number of aromatic nitrogens is 3. The van der Waals surface area contributed by atoms with Crippen molar-refractivity contribution in [3.8, 4) is 16.9 Å². The summed E-state index contributed by atoms with van der Waals surface area (Å²) in [6.45, 7) is 5.03. The standard InChI is InChI=1S/C16H15F2N3O2.C2H6.CH3.Y/c1-9-5-3-4-6-10(9)13-14(22)11-7-19-20(2)15(11)21(16(13)23)8-12(17)18;1-2;;/h3-7,12,22H,8H2,1-2H3;1-2H3;1H3;/q;;-1;. The molecule has 3 rings (SSSR count). The van der Waals surface area contributed by atoms with Crippen LogP contribution in [0.15, 0.2) is 35.3 Å². The summed E-state index contributed by atoms with van der Waals surface area (Å²) >= 11 is 0. The van der Waals surface area contributed by atoms with E-state index >= 15 is 0 Å². The van der Waals surface area contributed by atoms with Crippen molar-refractivity contribution >= 4 is 11.0 Å². The first-order chi connectivity index (χ1) is 11.9. The number of halogens is 2. The van der Waals surface area contributed by atoms with Crippen molar-refractivity contribution in [2.45, 2.75) is 33.7 Å². The van der Waals surface area contributed by atoms with Crippen molar-refractivity contribution in [3.05, 3.63) is 53.8 Å². The first-order valence-electron chi connectivity index (χ1n) is 8.03. The summed E-state index contributed by atoms with van der Waals surface area (Å²) in [6.07, 6.45) is -1.33. The summed E-state index contributed by atoms with van der Waals surface area (Å²) < 4.78 is 28.1. The molecule has 0 bridgehead atoms. The first-order valence-corrected chi connectivity index (χ1v) is 8.03. The molecule has 3 aromatic rings. The molecule has 5 nitrogen and oxygen atoms in total. The zero-order chi connectivity index (χ0) is 18.7. The van der Waals surface area contributed by atoms with Crippen molar-refractivity contribution in [1.29, 1.82) is 0 Å². The Hall–Kier alpha value is -1.60. The molecule has 0 aliphatic rings. The molecule has 0 aliphatic carbocycles. The molecule has 0 unspecified atom stereocenters. The van der Waals surface area contributed by atoms with Gasteiger partial charge >= 0.3 is 0 Å². The molecule has 2 aromatic heterocycles. The van der Waals surface area contributed by atoms with Crippen LogP contribution < -0.4 is 5.56 Å². The summed E-state index contributed by atoms with van der Waals surface area (Å²) in [6, 6.07) is 7.00. The number of hydrogen-bond acceptors (Lipinski definition) is 3. The largest absolute Gasteiger partial charge is 0.506 e. The molecule has 27 heavy (non-hydrogen) atoms. The Morgan fingerprint density at radius 1 is 1.22 bits per heavy atom. The van der Waals surface area contributed by atoms with Gasteiger partial charge in [-0.3, -0.25) is 14.0 Å². The summed E-state index contributed by atoms with van der Waals surface area (Å²) in [4.78, 5) is 12.8. The number of pyridine rings is 1. The minimum Gasteiger partial charge on any atom is -0.506 e. The van der Waals surface area contributed by atoms with Crippen LogP contribution in [0, 0.1) is 14.4 Å². The van der Waals surface area contributed by atoms with E-state index in [0.29, 0.717) is 5.56 Å². The molecule has 1 radical (unpaired) electrons. The van der Waals surface area contributed by atoms with E-state index in [-0.39, 0.29) is 62.5 Å². The monoisotopic (exact) mass is 453 g/mol. The second-order valence-electron chi connectivity index (χ2n) is 5.35. The van der Waals surface area contributed by atoms with E-state index in [1.54, 1.807) is 31.2 Å². The van der Waals surface area contributed by atoms with Crippen LogP contribution in [0.1, 0.15) is 19.4 Å². The van der Waals surface area contributed by atoms with Gasteiger partial charge in [0, 0.05) is 39.8 Å². The molecule has 0 saturated carbocycles. The number of aromatic hydroxyl groups is 1. The fourth-order valence-electron chi connectivity index (χ4n) is 2.79. The Morgan fingerprint density at radius 3 is 2.37 bits per heavy atom. The maximum Gasteiger partial charge on any atom is 0.264 e. The van der Waals surface area contributed by atoms with Gasteiger partial charge in [-0.15, -0.1) is 0 Å². The van der Waals surface area contributed by atoms with Gasteiger partial charge in [0.25, 0.3) is 12.0 Å². The molecule has 0 spiro atoms. The molecule has 0 saturated heterocycles. The van der Waals surface area contributed by atoms with Gasteiger partial charge in [0.15, 0.2) is 0 Å². The van der Waals surface area contributed by atoms with Crippen molar-refractivity contribution in [2.24, 2.45) is 7.05 Å². The number of fused-ring (bicyclic) bond motifs is 1. The summed E-state index contributed by atoms with van der Waals surface area (Å²) in [5, 5.41) is 14.8. The van der Waals surface area contributed by atoms with Crippen LogP contribution in [0.5, 0.6) is 5.75 Å². The van der Waals surface area contributed by atoms with Crippen LogP contribution in [0.25, 0.3) is 22.2 Å². The second-order valence-corrected chi connectivity index (χ2v) is 5.35. The third-order valence-corrected chi connectivity index (χ3v) is 3.85. The summed E-state index contributed by atoms with van der Waals surface area (Å²) in [7, 11) is 1.54. The van der Waals surface area contributed by atoms with Crippen LogP contribution in [-0.4, -0.2) is 25.9 Å². The van der Waals surface area contributed by atoms with Gasteiger partial charge in [-0.25, -0.2) is 8.78 Å². The molecule has 0 fully saturated rings. The average molecular weight is 453 g/mol. The maximum atomic E-state index is 12.9. The SMILES string of the molecule is CC.Cc1ccccc1-c1c(O)c2cnn(C)c2n(CC(F)F)c1=O.[CH3-].[Y]. The Morgan fingerprint density at radius 2 is 1.81 bits per heavy atom. The van der Waals surface area contributed by atoms with Gasteiger partial charge < -0.3 is 12.5 Å². The van der Waals surface area contributed by atoms with Crippen LogP contribution in [0.4, 0.5) is 8.78 Å². The van der Waals surface area contributed by atoms with Gasteiger partial charge in [-0.1, -0.05) is 38.1 Å². The van der Waals surface area contributed by atoms with E-state index < -0.39 is 18.5 Å². The van der Waals surface area contributed by atoms with Gasteiger partial charge in [0.2, 0.25) is 0 Å². The van der Waals surface area contributed by atoms with Crippen LogP contribution in [0.3, 0.4) is 0 Å². The average Bonchev–Trinajstić information content (AvgIpc) is 2.97. The second kappa shape index (κ2) is 10.7. The number of rotatable bonds is 3. The van der Waals surface area contributed by atoms with E-state index in [1.165, 1.54) is 17.9 Å².